The lowest BCUT2D eigenvalue weighted by atomic mass is 10.0. The number of halogens is 2. The van der Waals surface area contributed by atoms with Crippen LogP contribution >= 0.6 is 27.5 Å². The van der Waals surface area contributed by atoms with Crippen molar-refractivity contribution in [1.29, 1.82) is 0 Å². The van der Waals surface area contributed by atoms with E-state index in [2.05, 4.69) is 21.2 Å². The minimum absolute atomic E-state index is 0.0726. The molecule has 0 radical (unpaired) electrons. The van der Waals surface area contributed by atoms with E-state index in [4.69, 9.17) is 16.6 Å². The summed E-state index contributed by atoms with van der Waals surface area (Å²) in [5.41, 5.74) is 3.29. The van der Waals surface area contributed by atoms with Gasteiger partial charge >= 0.3 is 0 Å². The molecule has 0 saturated heterocycles. The van der Waals surface area contributed by atoms with Crippen molar-refractivity contribution >= 4 is 44.1 Å². The first-order valence-electron chi connectivity index (χ1n) is 8.45. The van der Waals surface area contributed by atoms with Crippen molar-refractivity contribution in [3.8, 4) is 11.4 Å². The summed E-state index contributed by atoms with van der Waals surface area (Å²) in [6.45, 7) is 0. The van der Waals surface area contributed by atoms with Gasteiger partial charge in [-0.1, -0.05) is 51.8 Å². The van der Waals surface area contributed by atoms with Crippen LogP contribution in [-0.2, 0) is 0 Å². The van der Waals surface area contributed by atoms with Gasteiger partial charge in [0.05, 0.1) is 10.9 Å². The third-order valence-electron chi connectivity index (χ3n) is 4.77. The van der Waals surface area contributed by atoms with E-state index in [1.807, 2.05) is 66.7 Å². The van der Waals surface area contributed by atoms with E-state index in [0.29, 0.717) is 21.7 Å². The number of hydrogen-bond acceptors (Lipinski definition) is 3. The molecule has 1 N–H and O–H groups in total. The second kappa shape index (κ2) is 6.22. The molecule has 1 atom stereocenters. The van der Waals surface area contributed by atoms with Crippen LogP contribution in [0.15, 0.2) is 76.0 Å². The lowest BCUT2D eigenvalue weighted by Crippen LogP contribution is -2.35. The minimum atomic E-state index is -0.372. The maximum absolute atomic E-state index is 13.3. The molecule has 1 unspecified atom stereocenters. The van der Waals surface area contributed by atoms with Crippen LogP contribution in [0, 0.1) is 0 Å². The lowest BCUT2D eigenvalue weighted by Gasteiger charge is -2.31. The molecule has 1 aliphatic heterocycles. The quantitative estimate of drug-likeness (QED) is 0.430. The molecule has 0 amide bonds. The average molecular weight is 439 g/mol. The van der Waals surface area contributed by atoms with Crippen LogP contribution in [0.1, 0.15) is 11.7 Å². The number of hydrogen-bond donors (Lipinski definition) is 1. The summed E-state index contributed by atoms with van der Waals surface area (Å²) in [7, 11) is 0. The predicted octanol–water partition coefficient (Wildman–Crippen LogP) is 5.45. The molecule has 1 aromatic heterocycles. The Bertz CT molecular complexity index is 1250. The molecule has 4 aromatic rings. The zero-order valence-electron chi connectivity index (χ0n) is 14.0. The molecule has 1 aliphatic rings. The Morgan fingerprint density at radius 3 is 2.63 bits per heavy atom. The Kier molecular flexibility index (Phi) is 3.81. The van der Waals surface area contributed by atoms with Crippen molar-refractivity contribution in [3.05, 3.63) is 92.1 Å². The summed E-state index contributed by atoms with van der Waals surface area (Å²) in [5.74, 6) is 0.636. The van der Waals surface area contributed by atoms with Gasteiger partial charge in [0, 0.05) is 20.7 Å². The topological polar surface area (TPSA) is 46.9 Å². The number of anilines is 1. The summed E-state index contributed by atoms with van der Waals surface area (Å²) in [6, 6.07) is 20.9. The fourth-order valence-corrected chi connectivity index (χ4v) is 3.93. The first-order chi connectivity index (χ1) is 13.1. The molecule has 5 rings (SSSR count). The Morgan fingerprint density at radius 2 is 1.81 bits per heavy atom. The first-order valence-corrected chi connectivity index (χ1v) is 9.62. The Balaban J connectivity index is 1.86. The molecule has 0 fully saturated rings. The van der Waals surface area contributed by atoms with E-state index in [9.17, 15) is 4.79 Å². The largest absolute Gasteiger partial charge is 0.360 e. The van der Waals surface area contributed by atoms with Gasteiger partial charge in [-0.15, -0.1) is 0 Å². The van der Waals surface area contributed by atoms with E-state index >= 15 is 0 Å². The van der Waals surface area contributed by atoms with Gasteiger partial charge in [-0.05, 0) is 48.0 Å². The molecular formula is C21H13BrClN3O. The fourth-order valence-electron chi connectivity index (χ4n) is 3.50. The third-order valence-corrected chi connectivity index (χ3v) is 5.53. The highest BCUT2D eigenvalue weighted by molar-refractivity contribution is 9.10. The second-order valence-corrected chi connectivity index (χ2v) is 7.77. The number of aromatic nitrogens is 2. The number of rotatable bonds is 1. The zero-order valence-corrected chi connectivity index (χ0v) is 16.3. The third kappa shape index (κ3) is 2.66. The van der Waals surface area contributed by atoms with Crippen molar-refractivity contribution in [2.45, 2.75) is 6.17 Å². The van der Waals surface area contributed by atoms with Gasteiger partial charge in [-0.25, -0.2) is 4.98 Å². The van der Waals surface area contributed by atoms with Crippen molar-refractivity contribution < 1.29 is 0 Å². The van der Waals surface area contributed by atoms with E-state index in [1.165, 1.54) is 0 Å². The van der Waals surface area contributed by atoms with Gasteiger partial charge in [0.15, 0.2) is 0 Å². The van der Waals surface area contributed by atoms with Crippen molar-refractivity contribution in [2.24, 2.45) is 0 Å². The normalized spacial score (nSPS) is 15.1. The van der Waals surface area contributed by atoms with Crippen LogP contribution in [-0.4, -0.2) is 9.55 Å². The van der Waals surface area contributed by atoms with E-state index < -0.39 is 0 Å². The summed E-state index contributed by atoms with van der Waals surface area (Å²) >= 11 is 9.67. The van der Waals surface area contributed by atoms with E-state index in [0.717, 1.165) is 21.3 Å². The molecule has 3 aromatic carbocycles. The van der Waals surface area contributed by atoms with Gasteiger partial charge in [0.1, 0.15) is 12.0 Å². The highest BCUT2D eigenvalue weighted by Crippen LogP contribution is 2.38. The predicted molar refractivity (Wildman–Crippen MR) is 112 cm³/mol. The van der Waals surface area contributed by atoms with E-state index in [-0.39, 0.29) is 11.7 Å². The van der Waals surface area contributed by atoms with Crippen molar-refractivity contribution in [2.75, 3.05) is 5.32 Å². The number of nitrogens with zero attached hydrogens (tertiary/aromatic N) is 2. The number of para-hydroxylation sites is 1. The Labute approximate surface area is 168 Å². The highest BCUT2D eigenvalue weighted by Gasteiger charge is 2.28. The molecule has 27 heavy (non-hydrogen) atoms. The monoisotopic (exact) mass is 437 g/mol. The maximum atomic E-state index is 13.3. The number of nitrogens with one attached hydrogen (secondary N) is 1. The molecule has 2 heterocycles. The standard InChI is InChI=1S/C21H13BrClN3O/c22-13-7-5-12(6-8-13)19-25-18-11-14(23)9-10-15(18)20-24-17-4-2-1-3-16(17)21(27)26(19)20/h1-11,19,25H. The van der Waals surface area contributed by atoms with Crippen LogP contribution in [0.2, 0.25) is 5.02 Å². The molecule has 0 saturated carbocycles. The lowest BCUT2D eigenvalue weighted by molar-refractivity contribution is 0.620. The summed E-state index contributed by atoms with van der Waals surface area (Å²) in [6.07, 6.45) is -0.372. The van der Waals surface area contributed by atoms with E-state index in [1.54, 1.807) is 4.57 Å². The van der Waals surface area contributed by atoms with Gasteiger partial charge < -0.3 is 5.32 Å². The smallest absolute Gasteiger partial charge is 0.263 e. The van der Waals surface area contributed by atoms with Crippen LogP contribution in [0.3, 0.4) is 0 Å². The van der Waals surface area contributed by atoms with Crippen LogP contribution < -0.4 is 10.9 Å². The first kappa shape index (κ1) is 16.5. The number of benzene rings is 3. The highest BCUT2D eigenvalue weighted by atomic mass is 79.9. The summed E-state index contributed by atoms with van der Waals surface area (Å²) in [5, 5.41) is 4.69. The minimum Gasteiger partial charge on any atom is -0.360 e. The van der Waals surface area contributed by atoms with Gasteiger partial charge in [-0.2, -0.15) is 0 Å². The maximum Gasteiger partial charge on any atom is 0.263 e. The van der Waals surface area contributed by atoms with Gasteiger partial charge in [0.2, 0.25) is 0 Å². The SMILES string of the molecule is O=c1c2ccccc2nc2n1C(c1ccc(Br)cc1)Nc1cc(Cl)ccc1-2. The van der Waals surface area contributed by atoms with Crippen LogP contribution in [0.25, 0.3) is 22.3 Å². The molecule has 0 spiro atoms. The summed E-state index contributed by atoms with van der Waals surface area (Å²) < 4.78 is 2.71. The zero-order chi connectivity index (χ0) is 18.5. The van der Waals surface area contributed by atoms with Crippen molar-refractivity contribution in [3.63, 3.8) is 0 Å². The van der Waals surface area contributed by atoms with Crippen LogP contribution in [0.4, 0.5) is 5.69 Å². The van der Waals surface area contributed by atoms with Crippen LogP contribution in [0.5, 0.6) is 0 Å². The van der Waals surface area contributed by atoms with Gasteiger partial charge in [0.25, 0.3) is 5.56 Å². The average Bonchev–Trinajstić information content (AvgIpc) is 2.68. The molecule has 4 nitrogen and oxygen atoms in total. The molecule has 0 aliphatic carbocycles. The Hall–Kier alpha value is -2.63. The molecule has 6 heteroatoms. The molecule has 132 valence electrons. The van der Waals surface area contributed by atoms with Gasteiger partial charge in [-0.3, -0.25) is 9.36 Å². The Morgan fingerprint density at radius 1 is 1.04 bits per heavy atom. The number of fused-ring (bicyclic) bond motifs is 4. The second-order valence-electron chi connectivity index (χ2n) is 6.42. The van der Waals surface area contributed by atoms with Crippen molar-refractivity contribution in [1.82, 2.24) is 9.55 Å². The summed E-state index contributed by atoms with van der Waals surface area (Å²) in [4.78, 5) is 18.2. The fraction of sp³-hybridized carbons (Fsp3) is 0.0476. The molecule has 0 bridgehead atoms. The molecular weight excluding hydrogens is 426 g/mol.